The third-order valence-corrected chi connectivity index (χ3v) is 5.75. The van der Waals surface area contributed by atoms with Crippen LogP contribution in [-0.4, -0.2) is 12.6 Å². The fraction of sp³-hybridized carbons (Fsp3) is 0.231. The average molecular weight is 383 g/mol. The van der Waals surface area contributed by atoms with Gasteiger partial charge in [-0.1, -0.05) is 42.5 Å². The van der Waals surface area contributed by atoms with Crippen molar-refractivity contribution >= 4 is 11.3 Å². The molecule has 2 heterocycles. The van der Waals surface area contributed by atoms with Gasteiger partial charge < -0.3 is 14.8 Å². The standard InChI is InChI=1S/C26H25NO2/c1-16-15-26(2,3)27-21-13-12-20-19-10-5-6-11-22(19)29-25(24(20)23(16)21)17-8-7-9-18(14-17)28-4/h5-15,25,27H,1-4H3. The van der Waals surface area contributed by atoms with E-state index in [-0.39, 0.29) is 11.6 Å². The molecule has 0 saturated carbocycles. The Hall–Kier alpha value is -3.20. The molecule has 29 heavy (non-hydrogen) atoms. The van der Waals surface area contributed by atoms with Gasteiger partial charge in [0.25, 0.3) is 0 Å². The molecule has 0 saturated heterocycles. The van der Waals surface area contributed by atoms with Gasteiger partial charge in [-0.3, -0.25) is 0 Å². The van der Waals surface area contributed by atoms with Crippen molar-refractivity contribution in [1.29, 1.82) is 0 Å². The maximum Gasteiger partial charge on any atom is 0.150 e. The van der Waals surface area contributed by atoms with Crippen molar-refractivity contribution in [2.24, 2.45) is 0 Å². The van der Waals surface area contributed by atoms with Crippen molar-refractivity contribution < 1.29 is 9.47 Å². The Kier molecular flexibility index (Phi) is 3.95. The molecule has 1 N–H and O–H groups in total. The van der Waals surface area contributed by atoms with Gasteiger partial charge in [0.2, 0.25) is 0 Å². The van der Waals surface area contributed by atoms with Gasteiger partial charge in [-0.05, 0) is 56.2 Å². The molecule has 3 aromatic rings. The summed E-state index contributed by atoms with van der Waals surface area (Å²) in [5.74, 6) is 1.75. The summed E-state index contributed by atoms with van der Waals surface area (Å²) in [5, 5.41) is 3.68. The summed E-state index contributed by atoms with van der Waals surface area (Å²) >= 11 is 0. The molecule has 0 fully saturated rings. The Morgan fingerprint density at radius 3 is 2.62 bits per heavy atom. The first-order chi connectivity index (χ1) is 14.0. The SMILES string of the molecule is COc1cccc(C2Oc3ccccc3-c3ccc4c(c32)C(C)=CC(C)(C)N4)c1. The van der Waals surface area contributed by atoms with Crippen LogP contribution < -0.4 is 14.8 Å². The molecule has 3 heteroatoms. The van der Waals surface area contributed by atoms with Gasteiger partial charge in [-0.2, -0.15) is 0 Å². The van der Waals surface area contributed by atoms with Crippen molar-refractivity contribution in [2.45, 2.75) is 32.4 Å². The van der Waals surface area contributed by atoms with Crippen LogP contribution in [0.3, 0.4) is 0 Å². The highest BCUT2D eigenvalue weighted by molar-refractivity contribution is 5.90. The fourth-order valence-electron chi connectivity index (χ4n) is 4.67. The molecule has 0 spiro atoms. The van der Waals surface area contributed by atoms with Crippen LogP contribution in [0.4, 0.5) is 5.69 Å². The summed E-state index contributed by atoms with van der Waals surface area (Å²) in [5.41, 5.74) is 8.27. The molecule has 5 rings (SSSR count). The number of hydrogen-bond acceptors (Lipinski definition) is 3. The molecule has 1 atom stereocenters. The van der Waals surface area contributed by atoms with E-state index in [9.17, 15) is 0 Å². The van der Waals surface area contributed by atoms with E-state index < -0.39 is 0 Å². The molecule has 3 nitrogen and oxygen atoms in total. The molecule has 0 radical (unpaired) electrons. The van der Waals surface area contributed by atoms with Gasteiger partial charge in [-0.25, -0.2) is 0 Å². The third-order valence-electron chi connectivity index (χ3n) is 5.75. The molecule has 1 unspecified atom stereocenters. The van der Waals surface area contributed by atoms with Crippen molar-refractivity contribution in [2.75, 3.05) is 12.4 Å². The predicted molar refractivity (Wildman–Crippen MR) is 119 cm³/mol. The van der Waals surface area contributed by atoms with Gasteiger partial charge in [0, 0.05) is 27.9 Å². The number of hydrogen-bond donors (Lipinski definition) is 1. The maximum absolute atomic E-state index is 6.60. The maximum atomic E-state index is 6.60. The molecular formula is C26H25NO2. The van der Waals surface area contributed by atoms with E-state index in [2.05, 4.69) is 74.6 Å². The number of rotatable bonds is 2. The Morgan fingerprint density at radius 1 is 0.966 bits per heavy atom. The Morgan fingerprint density at radius 2 is 1.79 bits per heavy atom. The highest BCUT2D eigenvalue weighted by Gasteiger charge is 2.34. The number of para-hydroxylation sites is 1. The molecule has 0 aliphatic carbocycles. The zero-order valence-corrected chi connectivity index (χ0v) is 17.2. The minimum Gasteiger partial charge on any atom is -0.497 e. The van der Waals surface area contributed by atoms with Crippen LogP contribution in [-0.2, 0) is 0 Å². The van der Waals surface area contributed by atoms with Crippen LogP contribution in [0.5, 0.6) is 11.5 Å². The van der Waals surface area contributed by atoms with Crippen LogP contribution in [0, 0.1) is 0 Å². The second kappa shape index (κ2) is 6.41. The van der Waals surface area contributed by atoms with Crippen LogP contribution >= 0.6 is 0 Å². The first-order valence-corrected chi connectivity index (χ1v) is 10.0. The molecular weight excluding hydrogens is 358 g/mol. The summed E-state index contributed by atoms with van der Waals surface area (Å²) in [6.07, 6.45) is 2.11. The zero-order chi connectivity index (χ0) is 20.2. The topological polar surface area (TPSA) is 30.5 Å². The average Bonchev–Trinajstić information content (AvgIpc) is 2.71. The lowest BCUT2D eigenvalue weighted by molar-refractivity contribution is 0.242. The monoisotopic (exact) mass is 383 g/mol. The first kappa shape index (κ1) is 17.9. The Balaban J connectivity index is 1.79. The van der Waals surface area contributed by atoms with Crippen LogP contribution in [0.15, 0.2) is 66.7 Å². The number of methoxy groups -OCH3 is 1. The van der Waals surface area contributed by atoms with E-state index in [1.54, 1.807) is 7.11 Å². The van der Waals surface area contributed by atoms with Gasteiger partial charge in [0.1, 0.15) is 11.5 Å². The van der Waals surface area contributed by atoms with Crippen molar-refractivity contribution in [3.63, 3.8) is 0 Å². The molecule has 2 aliphatic heterocycles. The minimum absolute atomic E-state index is 0.0792. The second-order valence-electron chi connectivity index (χ2n) is 8.39. The van der Waals surface area contributed by atoms with E-state index >= 15 is 0 Å². The summed E-state index contributed by atoms with van der Waals surface area (Å²) in [6, 6.07) is 20.9. The number of benzene rings is 3. The number of fused-ring (bicyclic) bond motifs is 5. The summed E-state index contributed by atoms with van der Waals surface area (Å²) < 4.78 is 12.1. The Labute approximate surface area is 172 Å². The smallest absolute Gasteiger partial charge is 0.150 e. The van der Waals surface area contributed by atoms with E-state index in [0.29, 0.717) is 0 Å². The van der Waals surface area contributed by atoms with Gasteiger partial charge >= 0.3 is 0 Å². The number of anilines is 1. The van der Waals surface area contributed by atoms with Gasteiger partial charge in [-0.15, -0.1) is 0 Å². The van der Waals surface area contributed by atoms with Crippen LogP contribution in [0.1, 0.15) is 43.6 Å². The summed E-state index contributed by atoms with van der Waals surface area (Å²) in [6.45, 7) is 6.60. The largest absolute Gasteiger partial charge is 0.497 e. The second-order valence-corrected chi connectivity index (χ2v) is 8.39. The minimum atomic E-state index is -0.198. The fourth-order valence-corrected chi connectivity index (χ4v) is 4.67. The van der Waals surface area contributed by atoms with Crippen molar-refractivity contribution in [1.82, 2.24) is 0 Å². The number of nitrogens with one attached hydrogen (secondary N) is 1. The van der Waals surface area contributed by atoms with Gasteiger partial charge in [0.05, 0.1) is 12.6 Å². The quantitative estimate of drug-likeness (QED) is 0.551. The van der Waals surface area contributed by atoms with E-state index in [1.807, 2.05) is 18.2 Å². The number of allylic oxidation sites excluding steroid dienone is 1. The molecule has 0 aromatic heterocycles. The molecule has 2 aliphatic rings. The first-order valence-electron chi connectivity index (χ1n) is 10.0. The summed E-state index contributed by atoms with van der Waals surface area (Å²) in [7, 11) is 1.70. The normalized spacial score (nSPS) is 18.3. The lowest BCUT2D eigenvalue weighted by Gasteiger charge is -2.37. The van der Waals surface area contributed by atoms with E-state index in [1.165, 1.54) is 22.3 Å². The lowest BCUT2D eigenvalue weighted by Crippen LogP contribution is -2.32. The Bertz CT molecular complexity index is 1140. The third kappa shape index (κ3) is 2.89. The molecule has 0 amide bonds. The van der Waals surface area contributed by atoms with E-state index in [0.717, 1.165) is 28.3 Å². The lowest BCUT2D eigenvalue weighted by atomic mass is 9.80. The van der Waals surface area contributed by atoms with Crippen LogP contribution in [0.25, 0.3) is 16.7 Å². The van der Waals surface area contributed by atoms with Crippen molar-refractivity contribution in [3.05, 3.63) is 83.4 Å². The van der Waals surface area contributed by atoms with Gasteiger partial charge in [0.15, 0.2) is 6.10 Å². The van der Waals surface area contributed by atoms with Crippen molar-refractivity contribution in [3.8, 4) is 22.6 Å². The highest BCUT2D eigenvalue weighted by Crippen LogP contribution is 2.50. The zero-order valence-electron chi connectivity index (χ0n) is 17.2. The number of ether oxygens (including phenoxy) is 2. The molecule has 0 bridgehead atoms. The predicted octanol–water partition coefficient (Wildman–Crippen LogP) is 6.45. The summed E-state index contributed by atoms with van der Waals surface area (Å²) in [4.78, 5) is 0. The van der Waals surface area contributed by atoms with Crippen LogP contribution in [0.2, 0.25) is 0 Å². The molecule has 146 valence electrons. The van der Waals surface area contributed by atoms with E-state index in [4.69, 9.17) is 9.47 Å². The molecule has 3 aromatic carbocycles. The highest BCUT2D eigenvalue weighted by atomic mass is 16.5.